The zero-order valence-corrected chi connectivity index (χ0v) is 11.0. The lowest BCUT2D eigenvalue weighted by atomic mass is 10.0. The number of benzene rings is 1. The topological polar surface area (TPSA) is 58.6 Å². The monoisotopic (exact) mass is 263 g/mol. The molecule has 0 bridgehead atoms. The van der Waals surface area contributed by atoms with Crippen LogP contribution in [0.4, 0.5) is 0 Å². The fraction of sp³-hybridized carbons (Fsp3) is 0.533. The van der Waals surface area contributed by atoms with Crippen molar-refractivity contribution in [3.05, 3.63) is 35.9 Å². The average molecular weight is 263 g/mol. The molecule has 19 heavy (non-hydrogen) atoms. The molecule has 1 fully saturated rings. The Labute approximate surface area is 113 Å². The van der Waals surface area contributed by atoms with E-state index in [9.17, 15) is 4.79 Å². The summed E-state index contributed by atoms with van der Waals surface area (Å²) in [6.07, 6.45) is 2.31. The minimum absolute atomic E-state index is 0.0399. The molecule has 1 aliphatic heterocycles. The molecule has 0 aliphatic carbocycles. The van der Waals surface area contributed by atoms with Crippen LogP contribution in [0.15, 0.2) is 30.3 Å². The second-order valence-corrected chi connectivity index (χ2v) is 4.87. The van der Waals surface area contributed by atoms with Gasteiger partial charge in [0.05, 0.1) is 12.5 Å². The van der Waals surface area contributed by atoms with Crippen molar-refractivity contribution in [2.45, 2.75) is 25.3 Å². The van der Waals surface area contributed by atoms with Crippen LogP contribution in [-0.4, -0.2) is 30.8 Å². The van der Waals surface area contributed by atoms with Gasteiger partial charge >= 0.3 is 5.97 Å². The summed E-state index contributed by atoms with van der Waals surface area (Å²) in [5.41, 5.74) is 1.17. The SMILES string of the molecule is O=C1OCCC1CCNC(CCO)c1ccccc1. The summed E-state index contributed by atoms with van der Waals surface area (Å²) < 4.78 is 4.95. The number of esters is 1. The number of carbonyl (C=O) groups is 1. The van der Waals surface area contributed by atoms with Gasteiger partial charge in [0.1, 0.15) is 0 Å². The van der Waals surface area contributed by atoms with Crippen molar-refractivity contribution in [2.75, 3.05) is 19.8 Å². The average Bonchev–Trinajstić information content (AvgIpc) is 2.84. The van der Waals surface area contributed by atoms with Gasteiger partial charge in [-0.05, 0) is 31.4 Å². The summed E-state index contributed by atoms with van der Waals surface area (Å²) in [6.45, 7) is 1.47. The Kier molecular flexibility index (Phi) is 5.36. The number of carbonyl (C=O) groups excluding carboxylic acids is 1. The third-order valence-electron chi connectivity index (χ3n) is 3.55. The van der Waals surface area contributed by atoms with E-state index < -0.39 is 0 Å². The number of aliphatic hydroxyl groups excluding tert-OH is 1. The number of hydrogen-bond donors (Lipinski definition) is 2. The van der Waals surface area contributed by atoms with E-state index in [4.69, 9.17) is 9.84 Å². The zero-order valence-electron chi connectivity index (χ0n) is 11.0. The number of aliphatic hydroxyl groups is 1. The molecule has 1 aromatic carbocycles. The van der Waals surface area contributed by atoms with Crippen LogP contribution in [-0.2, 0) is 9.53 Å². The minimum atomic E-state index is -0.0692. The maximum atomic E-state index is 11.4. The molecule has 0 saturated carbocycles. The second-order valence-electron chi connectivity index (χ2n) is 4.87. The van der Waals surface area contributed by atoms with Crippen molar-refractivity contribution in [3.63, 3.8) is 0 Å². The van der Waals surface area contributed by atoms with Crippen LogP contribution in [0.1, 0.15) is 30.9 Å². The highest BCUT2D eigenvalue weighted by Gasteiger charge is 2.25. The van der Waals surface area contributed by atoms with Gasteiger partial charge in [0, 0.05) is 12.6 Å². The molecule has 2 N–H and O–H groups in total. The van der Waals surface area contributed by atoms with Gasteiger partial charge in [-0.25, -0.2) is 0 Å². The fourth-order valence-corrected chi connectivity index (χ4v) is 2.43. The summed E-state index contributed by atoms with van der Waals surface area (Å²) >= 11 is 0. The Bertz CT molecular complexity index is 394. The lowest BCUT2D eigenvalue weighted by Crippen LogP contribution is -2.25. The normalized spacial score (nSPS) is 20.3. The Morgan fingerprint density at radius 2 is 2.16 bits per heavy atom. The minimum Gasteiger partial charge on any atom is -0.465 e. The molecular formula is C15H21NO3. The van der Waals surface area contributed by atoms with Crippen LogP contribution in [0.5, 0.6) is 0 Å². The third-order valence-corrected chi connectivity index (χ3v) is 3.55. The van der Waals surface area contributed by atoms with Crippen molar-refractivity contribution in [3.8, 4) is 0 Å². The fourth-order valence-electron chi connectivity index (χ4n) is 2.43. The van der Waals surface area contributed by atoms with E-state index in [2.05, 4.69) is 17.4 Å². The molecule has 2 unspecified atom stereocenters. The number of nitrogens with one attached hydrogen (secondary N) is 1. The van der Waals surface area contributed by atoms with Gasteiger partial charge in [0.15, 0.2) is 0 Å². The van der Waals surface area contributed by atoms with E-state index in [-0.39, 0.29) is 24.5 Å². The molecule has 104 valence electrons. The maximum Gasteiger partial charge on any atom is 0.309 e. The first-order chi connectivity index (χ1) is 9.31. The predicted octanol–water partition coefficient (Wildman–Crippen LogP) is 1.65. The van der Waals surface area contributed by atoms with Crippen LogP contribution in [0.3, 0.4) is 0 Å². The molecule has 1 saturated heterocycles. The first-order valence-electron chi connectivity index (χ1n) is 6.87. The number of rotatable bonds is 7. The molecule has 1 heterocycles. The molecule has 4 nitrogen and oxygen atoms in total. The summed E-state index contributed by atoms with van der Waals surface area (Å²) in [6, 6.07) is 10.2. The highest BCUT2D eigenvalue weighted by molar-refractivity contribution is 5.74. The van der Waals surface area contributed by atoms with Gasteiger partial charge in [-0.2, -0.15) is 0 Å². The highest BCUT2D eigenvalue weighted by atomic mass is 16.5. The van der Waals surface area contributed by atoms with E-state index in [0.29, 0.717) is 13.0 Å². The molecule has 0 spiro atoms. The van der Waals surface area contributed by atoms with Crippen molar-refractivity contribution in [1.82, 2.24) is 5.32 Å². The molecular weight excluding hydrogens is 242 g/mol. The Balaban J connectivity index is 1.82. The Morgan fingerprint density at radius 1 is 1.37 bits per heavy atom. The second kappa shape index (κ2) is 7.26. The molecule has 2 atom stereocenters. The summed E-state index contributed by atoms with van der Waals surface area (Å²) in [7, 11) is 0. The summed E-state index contributed by atoms with van der Waals surface area (Å²) in [5.74, 6) is -0.0294. The van der Waals surface area contributed by atoms with E-state index in [1.54, 1.807) is 0 Å². The zero-order chi connectivity index (χ0) is 13.5. The quantitative estimate of drug-likeness (QED) is 0.734. The maximum absolute atomic E-state index is 11.4. The third kappa shape index (κ3) is 4.04. The molecule has 4 heteroatoms. The molecule has 2 rings (SSSR count). The van der Waals surface area contributed by atoms with Gasteiger partial charge in [-0.3, -0.25) is 4.79 Å². The van der Waals surface area contributed by atoms with Crippen molar-refractivity contribution < 1.29 is 14.6 Å². The predicted molar refractivity (Wildman–Crippen MR) is 72.6 cm³/mol. The lowest BCUT2D eigenvalue weighted by molar-refractivity contribution is -0.141. The standard InChI is InChI=1S/C15H21NO3/c17-10-7-14(12-4-2-1-3-5-12)16-9-6-13-8-11-19-15(13)18/h1-5,13-14,16-17H,6-11H2. The van der Waals surface area contributed by atoms with Gasteiger partial charge in [0.2, 0.25) is 0 Å². The van der Waals surface area contributed by atoms with E-state index in [1.807, 2.05) is 18.2 Å². The van der Waals surface area contributed by atoms with E-state index in [1.165, 1.54) is 5.56 Å². The van der Waals surface area contributed by atoms with Crippen LogP contribution < -0.4 is 5.32 Å². The number of hydrogen-bond acceptors (Lipinski definition) is 4. The van der Waals surface area contributed by atoms with E-state index >= 15 is 0 Å². The van der Waals surface area contributed by atoms with Gasteiger partial charge in [-0.15, -0.1) is 0 Å². The first kappa shape index (κ1) is 14.0. The van der Waals surface area contributed by atoms with Crippen molar-refractivity contribution >= 4 is 5.97 Å². The molecule has 0 aromatic heterocycles. The highest BCUT2D eigenvalue weighted by Crippen LogP contribution is 2.19. The Morgan fingerprint density at radius 3 is 2.79 bits per heavy atom. The summed E-state index contributed by atoms with van der Waals surface area (Å²) in [5, 5.41) is 12.6. The Hall–Kier alpha value is -1.39. The van der Waals surface area contributed by atoms with Crippen molar-refractivity contribution in [2.24, 2.45) is 5.92 Å². The molecule has 1 aliphatic rings. The van der Waals surface area contributed by atoms with Crippen LogP contribution >= 0.6 is 0 Å². The van der Waals surface area contributed by atoms with Crippen molar-refractivity contribution in [1.29, 1.82) is 0 Å². The lowest BCUT2D eigenvalue weighted by Gasteiger charge is -2.19. The van der Waals surface area contributed by atoms with Crippen LogP contribution in [0.25, 0.3) is 0 Å². The van der Waals surface area contributed by atoms with Crippen LogP contribution in [0.2, 0.25) is 0 Å². The van der Waals surface area contributed by atoms with Gasteiger partial charge in [-0.1, -0.05) is 30.3 Å². The smallest absolute Gasteiger partial charge is 0.309 e. The van der Waals surface area contributed by atoms with Crippen LogP contribution in [0, 0.1) is 5.92 Å². The van der Waals surface area contributed by atoms with Gasteiger partial charge < -0.3 is 15.2 Å². The summed E-state index contributed by atoms with van der Waals surface area (Å²) in [4.78, 5) is 11.4. The molecule has 0 radical (unpaired) electrons. The van der Waals surface area contributed by atoms with E-state index in [0.717, 1.165) is 19.4 Å². The number of cyclic esters (lactones) is 1. The molecule has 1 aromatic rings. The first-order valence-corrected chi connectivity index (χ1v) is 6.87. The number of ether oxygens (including phenoxy) is 1. The molecule has 0 amide bonds. The van der Waals surface area contributed by atoms with Gasteiger partial charge in [0.25, 0.3) is 0 Å². The largest absolute Gasteiger partial charge is 0.465 e.